The monoisotopic (exact) mass is 227 g/mol. The van der Waals surface area contributed by atoms with E-state index in [9.17, 15) is 8.42 Å². The molecule has 1 aromatic heterocycles. The standard InChI is InChI=1S/C9H13N3O2S/c1-3-7-12(8-4-2)15(13,14)9-10-5-6-11-9/h3-6H,1-2,7-8H2,(H,10,11). The van der Waals surface area contributed by atoms with E-state index < -0.39 is 10.0 Å². The van der Waals surface area contributed by atoms with Crippen molar-refractivity contribution >= 4 is 10.0 Å². The summed E-state index contributed by atoms with van der Waals surface area (Å²) in [5.74, 6) is 0. The van der Waals surface area contributed by atoms with E-state index in [0.29, 0.717) is 0 Å². The lowest BCUT2D eigenvalue weighted by atomic mass is 10.5. The van der Waals surface area contributed by atoms with Crippen LogP contribution in [-0.2, 0) is 10.0 Å². The van der Waals surface area contributed by atoms with Gasteiger partial charge in [-0.05, 0) is 0 Å². The van der Waals surface area contributed by atoms with Gasteiger partial charge in [0.15, 0.2) is 0 Å². The highest BCUT2D eigenvalue weighted by atomic mass is 32.2. The van der Waals surface area contributed by atoms with E-state index in [0.717, 1.165) is 0 Å². The summed E-state index contributed by atoms with van der Waals surface area (Å²) >= 11 is 0. The van der Waals surface area contributed by atoms with Crippen molar-refractivity contribution in [2.75, 3.05) is 13.1 Å². The van der Waals surface area contributed by atoms with Crippen molar-refractivity contribution in [3.8, 4) is 0 Å². The summed E-state index contributed by atoms with van der Waals surface area (Å²) in [6.45, 7) is 7.48. The van der Waals surface area contributed by atoms with Gasteiger partial charge in [-0.1, -0.05) is 12.2 Å². The van der Waals surface area contributed by atoms with Gasteiger partial charge in [-0.25, -0.2) is 13.4 Å². The largest absolute Gasteiger partial charge is 0.334 e. The molecule has 1 N–H and O–H groups in total. The molecule has 0 radical (unpaired) electrons. The van der Waals surface area contributed by atoms with Crippen LogP contribution in [0.1, 0.15) is 0 Å². The van der Waals surface area contributed by atoms with Crippen molar-refractivity contribution in [1.29, 1.82) is 0 Å². The molecule has 0 aliphatic rings. The summed E-state index contributed by atoms with van der Waals surface area (Å²) in [5, 5.41) is -0.0637. The van der Waals surface area contributed by atoms with E-state index in [1.54, 1.807) is 0 Å². The Morgan fingerprint density at radius 3 is 2.40 bits per heavy atom. The Balaban J connectivity index is 3.01. The predicted molar refractivity (Wildman–Crippen MR) is 57.7 cm³/mol. The minimum Gasteiger partial charge on any atom is -0.334 e. The molecule has 1 heterocycles. The van der Waals surface area contributed by atoms with Crippen LogP contribution in [0.15, 0.2) is 42.9 Å². The lowest BCUT2D eigenvalue weighted by Crippen LogP contribution is -2.32. The molecule has 1 aromatic rings. The summed E-state index contributed by atoms with van der Waals surface area (Å²) < 4.78 is 25.0. The van der Waals surface area contributed by atoms with Crippen LogP contribution < -0.4 is 0 Å². The van der Waals surface area contributed by atoms with Gasteiger partial charge in [0.25, 0.3) is 10.0 Å². The molecule has 0 aliphatic carbocycles. The second kappa shape index (κ2) is 4.90. The molecule has 0 bridgehead atoms. The predicted octanol–water partition coefficient (Wildman–Crippen LogP) is 0.772. The molecule has 82 valence electrons. The van der Waals surface area contributed by atoms with Crippen LogP contribution in [0.3, 0.4) is 0 Å². The summed E-state index contributed by atoms with van der Waals surface area (Å²) in [4.78, 5) is 6.28. The molecule has 0 aromatic carbocycles. The quantitative estimate of drug-likeness (QED) is 0.730. The Labute approximate surface area is 89.2 Å². The molecule has 0 unspecified atom stereocenters. The Kier molecular flexibility index (Phi) is 3.81. The molecule has 5 nitrogen and oxygen atoms in total. The van der Waals surface area contributed by atoms with Gasteiger partial charge in [-0.15, -0.1) is 13.2 Å². The molecule has 15 heavy (non-hydrogen) atoms. The van der Waals surface area contributed by atoms with E-state index in [1.165, 1.54) is 28.9 Å². The maximum atomic E-state index is 11.9. The van der Waals surface area contributed by atoms with Crippen molar-refractivity contribution in [1.82, 2.24) is 14.3 Å². The number of aromatic nitrogens is 2. The van der Waals surface area contributed by atoms with E-state index >= 15 is 0 Å². The first-order chi connectivity index (χ1) is 7.12. The number of aromatic amines is 1. The van der Waals surface area contributed by atoms with Gasteiger partial charge < -0.3 is 4.98 Å². The highest BCUT2D eigenvalue weighted by Crippen LogP contribution is 2.09. The van der Waals surface area contributed by atoms with E-state index in [-0.39, 0.29) is 18.2 Å². The molecule has 0 spiro atoms. The zero-order chi connectivity index (χ0) is 11.3. The topological polar surface area (TPSA) is 66.1 Å². The summed E-state index contributed by atoms with van der Waals surface area (Å²) in [6.07, 6.45) is 5.90. The average molecular weight is 227 g/mol. The van der Waals surface area contributed by atoms with Crippen LogP contribution in [0, 0.1) is 0 Å². The second-order valence-corrected chi connectivity index (χ2v) is 4.65. The molecule has 0 amide bonds. The highest BCUT2D eigenvalue weighted by Gasteiger charge is 2.24. The van der Waals surface area contributed by atoms with Crippen LogP contribution in [0.2, 0.25) is 0 Å². The molecule has 1 rings (SSSR count). The molecule has 0 saturated heterocycles. The number of imidazole rings is 1. The van der Waals surface area contributed by atoms with Crippen molar-refractivity contribution in [3.05, 3.63) is 37.7 Å². The number of hydrogen-bond donors (Lipinski definition) is 1. The Morgan fingerprint density at radius 1 is 1.40 bits per heavy atom. The van der Waals surface area contributed by atoms with Crippen LogP contribution in [0.25, 0.3) is 0 Å². The zero-order valence-corrected chi connectivity index (χ0v) is 9.07. The minimum atomic E-state index is -3.56. The van der Waals surface area contributed by atoms with Crippen LogP contribution in [-0.4, -0.2) is 35.8 Å². The maximum Gasteiger partial charge on any atom is 0.277 e. The summed E-state index contributed by atoms with van der Waals surface area (Å²) in [6, 6.07) is 0. The molecular weight excluding hydrogens is 214 g/mol. The van der Waals surface area contributed by atoms with Crippen LogP contribution in [0.4, 0.5) is 0 Å². The van der Waals surface area contributed by atoms with Crippen LogP contribution in [0.5, 0.6) is 0 Å². The Bertz CT molecular complexity index is 412. The number of H-pyrrole nitrogens is 1. The third kappa shape index (κ3) is 2.54. The fraction of sp³-hybridized carbons (Fsp3) is 0.222. The Morgan fingerprint density at radius 2 is 2.00 bits per heavy atom. The van der Waals surface area contributed by atoms with Crippen molar-refractivity contribution in [2.45, 2.75) is 5.16 Å². The SMILES string of the molecule is C=CCN(CC=C)S(=O)(=O)c1ncc[nH]1. The number of nitrogens with one attached hydrogen (secondary N) is 1. The lowest BCUT2D eigenvalue weighted by Gasteiger charge is -2.16. The van der Waals surface area contributed by atoms with Gasteiger partial charge in [-0.2, -0.15) is 4.31 Å². The smallest absolute Gasteiger partial charge is 0.277 e. The second-order valence-electron chi connectivity index (χ2n) is 2.79. The fourth-order valence-electron chi connectivity index (χ4n) is 1.07. The molecule has 0 atom stereocenters. The zero-order valence-electron chi connectivity index (χ0n) is 8.26. The average Bonchev–Trinajstić information content (AvgIpc) is 2.70. The third-order valence-corrected chi connectivity index (χ3v) is 3.41. The van der Waals surface area contributed by atoms with Crippen LogP contribution >= 0.6 is 0 Å². The van der Waals surface area contributed by atoms with Crippen molar-refractivity contribution in [3.63, 3.8) is 0 Å². The van der Waals surface area contributed by atoms with E-state index in [1.807, 2.05) is 0 Å². The first kappa shape index (κ1) is 11.7. The van der Waals surface area contributed by atoms with Gasteiger partial charge in [0, 0.05) is 25.5 Å². The molecule has 0 aliphatic heterocycles. The van der Waals surface area contributed by atoms with Gasteiger partial charge in [-0.3, -0.25) is 0 Å². The normalized spacial score (nSPS) is 11.5. The van der Waals surface area contributed by atoms with Crippen molar-refractivity contribution in [2.24, 2.45) is 0 Å². The van der Waals surface area contributed by atoms with Gasteiger partial charge >= 0.3 is 0 Å². The molecular formula is C9H13N3O2S. The summed E-state index contributed by atoms with van der Waals surface area (Å²) in [5.41, 5.74) is 0. The summed E-state index contributed by atoms with van der Waals surface area (Å²) in [7, 11) is -3.56. The number of nitrogens with zero attached hydrogens (tertiary/aromatic N) is 2. The number of rotatable bonds is 6. The molecule has 6 heteroatoms. The molecule has 0 fully saturated rings. The first-order valence-electron chi connectivity index (χ1n) is 4.34. The van der Waals surface area contributed by atoms with E-state index in [2.05, 4.69) is 23.1 Å². The highest BCUT2D eigenvalue weighted by molar-refractivity contribution is 7.89. The first-order valence-corrected chi connectivity index (χ1v) is 5.78. The molecule has 0 saturated carbocycles. The van der Waals surface area contributed by atoms with Gasteiger partial charge in [0.1, 0.15) is 0 Å². The Hall–Kier alpha value is -1.40. The third-order valence-electron chi connectivity index (χ3n) is 1.72. The number of sulfonamides is 1. The number of hydrogen-bond acceptors (Lipinski definition) is 3. The maximum absolute atomic E-state index is 11.9. The van der Waals surface area contributed by atoms with Gasteiger partial charge in [0.2, 0.25) is 5.16 Å². The minimum absolute atomic E-state index is 0.0637. The van der Waals surface area contributed by atoms with Gasteiger partial charge in [0.05, 0.1) is 0 Å². The fourth-order valence-corrected chi connectivity index (χ4v) is 2.33. The van der Waals surface area contributed by atoms with E-state index in [4.69, 9.17) is 0 Å². The lowest BCUT2D eigenvalue weighted by molar-refractivity contribution is 0.468. The van der Waals surface area contributed by atoms with Crippen molar-refractivity contribution < 1.29 is 8.42 Å².